The summed E-state index contributed by atoms with van der Waals surface area (Å²) in [4.78, 5) is 41.6. The number of aliphatic hydroxyl groups is 1. The van der Waals surface area contributed by atoms with E-state index in [0.717, 1.165) is 36.0 Å². The normalized spacial score (nSPS) is 12.8. The van der Waals surface area contributed by atoms with Crippen molar-refractivity contribution < 1.29 is 24.2 Å². The van der Waals surface area contributed by atoms with Crippen LogP contribution >= 0.6 is 0 Å². The fourth-order valence-corrected chi connectivity index (χ4v) is 4.20. The van der Waals surface area contributed by atoms with Gasteiger partial charge in [0.1, 0.15) is 17.7 Å². The summed E-state index contributed by atoms with van der Waals surface area (Å²) < 4.78 is 5.31. The van der Waals surface area contributed by atoms with Gasteiger partial charge in [0, 0.05) is 13.1 Å². The molecule has 0 saturated heterocycles. The smallest absolute Gasteiger partial charge is 0.408 e. The van der Waals surface area contributed by atoms with E-state index < -0.39 is 36.3 Å². The predicted molar refractivity (Wildman–Crippen MR) is 153 cm³/mol. The molecule has 8 heteroatoms. The maximum atomic E-state index is 13.9. The number of carbonyl (C=O) groups is 3. The van der Waals surface area contributed by atoms with Gasteiger partial charge < -0.3 is 25.4 Å². The minimum Gasteiger partial charge on any atom is -0.444 e. The Morgan fingerprint density at radius 1 is 0.974 bits per heavy atom. The van der Waals surface area contributed by atoms with Gasteiger partial charge in [0.25, 0.3) is 0 Å². The maximum Gasteiger partial charge on any atom is 0.408 e. The van der Waals surface area contributed by atoms with Crippen LogP contribution in [-0.2, 0) is 20.9 Å². The molecule has 0 bridgehead atoms. The fraction of sp³-hybridized carbons (Fsp3) is 0.516. The first-order chi connectivity index (χ1) is 18.5. The Labute approximate surface area is 233 Å². The molecular formula is C31H45N3O5. The van der Waals surface area contributed by atoms with Crippen molar-refractivity contribution in [1.82, 2.24) is 15.5 Å². The first kappa shape index (κ1) is 31.8. The van der Waals surface area contributed by atoms with Crippen molar-refractivity contribution >= 4 is 17.9 Å². The molecule has 3 amide bonds. The predicted octanol–water partition coefficient (Wildman–Crippen LogP) is 4.96. The Morgan fingerprint density at radius 2 is 1.67 bits per heavy atom. The molecule has 2 unspecified atom stereocenters. The number of benzene rings is 2. The monoisotopic (exact) mass is 539 g/mol. The Balaban J connectivity index is 2.44. The van der Waals surface area contributed by atoms with Gasteiger partial charge >= 0.3 is 6.09 Å². The summed E-state index contributed by atoms with van der Waals surface area (Å²) in [6.07, 6.45) is 2.77. The number of hydrogen-bond acceptors (Lipinski definition) is 5. The number of rotatable bonds is 13. The average Bonchev–Trinajstić information content (AvgIpc) is 2.88. The number of nitrogens with one attached hydrogen (secondary N) is 2. The molecule has 3 N–H and O–H groups in total. The van der Waals surface area contributed by atoms with Gasteiger partial charge in [0.2, 0.25) is 11.8 Å². The molecule has 0 aliphatic heterocycles. The molecule has 0 aliphatic rings. The van der Waals surface area contributed by atoms with E-state index in [2.05, 4.69) is 17.6 Å². The van der Waals surface area contributed by atoms with Crippen molar-refractivity contribution in [1.29, 1.82) is 0 Å². The van der Waals surface area contributed by atoms with Gasteiger partial charge in [-0.2, -0.15) is 0 Å². The summed E-state index contributed by atoms with van der Waals surface area (Å²) in [6.45, 7) is 11.2. The molecular weight excluding hydrogens is 494 g/mol. The molecule has 0 saturated carbocycles. The van der Waals surface area contributed by atoms with E-state index in [1.54, 1.807) is 20.8 Å². The summed E-state index contributed by atoms with van der Waals surface area (Å²) in [7, 11) is 0. The molecule has 0 aromatic heterocycles. The molecule has 214 valence electrons. The van der Waals surface area contributed by atoms with Crippen molar-refractivity contribution in [3.8, 4) is 0 Å². The highest BCUT2D eigenvalue weighted by Crippen LogP contribution is 2.26. The van der Waals surface area contributed by atoms with Gasteiger partial charge in [0.15, 0.2) is 0 Å². The third kappa shape index (κ3) is 10.4. The number of aliphatic hydroxyl groups excluding tert-OH is 1. The van der Waals surface area contributed by atoms with Crippen LogP contribution in [0.1, 0.15) is 81.7 Å². The molecule has 39 heavy (non-hydrogen) atoms. The molecule has 0 fully saturated rings. The number of ether oxygens (including phenoxy) is 1. The summed E-state index contributed by atoms with van der Waals surface area (Å²) in [5.74, 6) is -0.877. The standard InChI is InChI=1S/C31H45N3O5/c1-7-8-9-13-18-34(29(37)26(21-35)33-30(38)39-31(4,5)6)27(25-17-16-22(2)23(3)19-25)28(36)32-20-24-14-11-10-12-15-24/h10-12,14-17,19,26-27,35H,7-9,13,18,20-21H2,1-6H3,(H,32,36)(H,33,38). The lowest BCUT2D eigenvalue weighted by atomic mass is 9.98. The summed E-state index contributed by atoms with van der Waals surface area (Å²) >= 11 is 0. The summed E-state index contributed by atoms with van der Waals surface area (Å²) in [5, 5.41) is 15.6. The molecule has 2 rings (SSSR count). The second-order valence-electron chi connectivity index (χ2n) is 10.9. The lowest BCUT2D eigenvalue weighted by Crippen LogP contribution is -2.54. The van der Waals surface area contributed by atoms with Crippen LogP contribution in [0.4, 0.5) is 4.79 Å². The van der Waals surface area contributed by atoms with E-state index in [9.17, 15) is 19.5 Å². The van der Waals surface area contributed by atoms with Crippen molar-refractivity contribution in [2.75, 3.05) is 13.2 Å². The quantitative estimate of drug-likeness (QED) is 0.312. The molecule has 2 aromatic rings. The van der Waals surface area contributed by atoms with Crippen LogP contribution in [0.2, 0.25) is 0 Å². The van der Waals surface area contributed by atoms with Gasteiger partial charge in [-0.1, -0.05) is 74.7 Å². The molecule has 0 spiro atoms. The van der Waals surface area contributed by atoms with E-state index >= 15 is 0 Å². The second-order valence-corrected chi connectivity index (χ2v) is 10.9. The molecule has 0 aliphatic carbocycles. The SMILES string of the molecule is CCCCCCN(C(=O)C(CO)NC(=O)OC(C)(C)C)C(C(=O)NCc1ccccc1)c1ccc(C)c(C)c1. The van der Waals surface area contributed by atoms with Gasteiger partial charge in [-0.25, -0.2) is 4.79 Å². The van der Waals surface area contributed by atoms with Crippen molar-refractivity contribution in [3.63, 3.8) is 0 Å². The lowest BCUT2D eigenvalue weighted by Gasteiger charge is -2.34. The summed E-state index contributed by atoms with van der Waals surface area (Å²) in [6, 6.07) is 13.1. The van der Waals surface area contributed by atoms with Gasteiger partial charge in [-0.15, -0.1) is 0 Å². The molecule has 0 heterocycles. The Hall–Kier alpha value is -3.39. The topological polar surface area (TPSA) is 108 Å². The Morgan fingerprint density at radius 3 is 2.26 bits per heavy atom. The van der Waals surface area contributed by atoms with Crippen LogP contribution in [0.25, 0.3) is 0 Å². The fourth-order valence-electron chi connectivity index (χ4n) is 4.20. The van der Waals surface area contributed by atoms with Gasteiger partial charge in [0.05, 0.1) is 6.61 Å². The zero-order valence-corrected chi connectivity index (χ0v) is 24.3. The number of hydrogen-bond donors (Lipinski definition) is 3. The van der Waals surface area contributed by atoms with Crippen molar-refractivity contribution in [2.24, 2.45) is 0 Å². The van der Waals surface area contributed by atoms with Crippen LogP contribution in [0.3, 0.4) is 0 Å². The number of unbranched alkanes of at least 4 members (excludes halogenated alkanes) is 3. The Kier molecular flexibility index (Phi) is 12.5. The zero-order valence-electron chi connectivity index (χ0n) is 24.3. The maximum absolute atomic E-state index is 13.9. The van der Waals surface area contributed by atoms with E-state index in [-0.39, 0.29) is 5.91 Å². The first-order valence-corrected chi connectivity index (χ1v) is 13.8. The molecule has 0 radical (unpaired) electrons. The van der Waals surface area contributed by atoms with Crippen LogP contribution < -0.4 is 10.6 Å². The second kappa shape index (κ2) is 15.3. The van der Waals surface area contributed by atoms with Crippen LogP contribution in [-0.4, -0.2) is 52.7 Å². The minimum atomic E-state index is -1.26. The van der Waals surface area contributed by atoms with E-state index in [4.69, 9.17) is 4.74 Å². The highest BCUT2D eigenvalue weighted by Gasteiger charge is 2.36. The number of nitrogens with zero attached hydrogens (tertiary/aromatic N) is 1. The zero-order chi connectivity index (χ0) is 29.0. The molecule has 2 aromatic carbocycles. The number of carbonyl (C=O) groups excluding carboxylic acids is 3. The van der Waals surface area contributed by atoms with Crippen molar-refractivity contribution in [3.05, 3.63) is 70.8 Å². The van der Waals surface area contributed by atoms with E-state index in [1.165, 1.54) is 4.90 Å². The number of aryl methyl sites for hydroxylation is 2. The van der Waals surface area contributed by atoms with Crippen LogP contribution in [0, 0.1) is 13.8 Å². The third-order valence-corrected chi connectivity index (χ3v) is 6.42. The lowest BCUT2D eigenvalue weighted by molar-refractivity contribution is -0.143. The van der Waals surface area contributed by atoms with Crippen LogP contribution in [0.5, 0.6) is 0 Å². The van der Waals surface area contributed by atoms with Gasteiger partial charge in [-0.3, -0.25) is 9.59 Å². The number of alkyl carbamates (subject to hydrolysis) is 1. The molecule has 2 atom stereocenters. The largest absolute Gasteiger partial charge is 0.444 e. The first-order valence-electron chi connectivity index (χ1n) is 13.8. The van der Waals surface area contributed by atoms with E-state index in [0.29, 0.717) is 25.1 Å². The highest BCUT2D eigenvalue weighted by molar-refractivity contribution is 5.92. The van der Waals surface area contributed by atoms with Gasteiger partial charge in [-0.05, 0) is 63.3 Å². The summed E-state index contributed by atoms with van der Waals surface area (Å²) in [5.41, 5.74) is 2.90. The number of amides is 3. The highest BCUT2D eigenvalue weighted by atomic mass is 16.6. The molecule has 8 nitrogen and oxygen atoms in total. The third-order valence-electron chi connectivity index (χ3n) is 6.42. The average molecular weight is 540 g/mol. The van der Waals surface area contributed by atoms with Crippen LogP contribution in [0.15, 0.2) is 48.5 Å². The minimum absolute atomic E-state index is 0.293. The van der Waals surface area contributed by atoms with Crippen molar-refractivity contribution in [2.45, 2.75) is 91.5 Å². The Bertz CT molecular complexity index is 1080. The van der Waals surface area contributed by atoms with E-state index in [1.807, 2.05) is 62.4 Å².